The summed E-state index contributed by atoms with van der Waals surface area (Å²) >= 11 is -3.15. The Bertz CT molecular complexity index is 36.2. The summed E-state index contributed by atoms with van der Waals surface area (Å²) in [6.07, 6.45) is 0. The van der Waals surface area contributed by atoms with Crippen LogP contribution in [0.3, 0.4) is 0 Å². The molecular weight excluding hydrogens is 164 g/mol. The van der Waals surface area contributed by atoms with E-state index in [9.17, 15) is 5.85 Å². The van der Waals surface area contributed by atoms with Crippen LogP contribution >= 0.6 is 0 Å². The van der Waals surface area contributed by atoms with Gasteiger partial charge in [-0.05, 0) is 0 Å². The van der Waals surface area contributed by atoms with E-state index in [1.54, 1.807) is 0 Å². The molecule has 0 heterocycles. The standard InChI is InChI=1S/Al.3O.Y. The van der Waals surface area contributed by atoms with Gasteiger partial charge in [0.25, 0.3) is 0 Å². The summed E-state index contributed by atoms with van der Waals surface area (Å²) in [5.74, 6) is 0. The van der Waals surface area contributed by atoms with Crippen LogP contribution in [-0.2, 0) is 36.7 Å². The molecule has 0 rings (SSSR count). The number of hydrogen-bond donors (Lipinski definition) is 0. The van der Waals surface area contributed by atoms with Crippen molar-refractivity contribution in [2.75, 3.05) is 0 Å². The van der Waals surface area contributed by atoms with E-state index >= 15 is 0 Å². The molecule has 0 spiro atoms. The number of rotatable bonds is 2. The quantitative estimate of drug-likeness (QED) is 0.507. The maximum atomic E-state index is 9.32. The zero-order chi connectivity index (χ0) is 4.12. The third-order valence-electron chi connectivity index (χ3n) is 0.111. The van der Waals surface area contributed by atoms with Crippen LogP contribution in [0.4, 0.5) is 0 Å². The van der Waals surface area contributed by atoms with Crippen molar-refractivity contribution in [3.63, 3.8) is 0 Å². The Hall–Kier alpha value is 1.04. The molecule has 0 aliphatic heterocycles. The van der Waals surface area contributed by atoms with E-state index in [2.05, 4.69) is 1.10 Å². The normalized spacial score (nSPS) is 4.00. The van der Waals surface area contributed by atoms with Gasteiger partial charge in [0.15, 0.2) is 0 Å². The van der Waals surface area contributed by atoms with Gasteiger partial charge in [-0.2, -0.15) is 0 Å². The fraction of sp³-hybridized carbons (Fsp3) is 0. The molecule has 0 unspecified atom stereocenters. The van der Waals surface area contributed by atoms with Crippen molar-refractivity contribution in [3.8, 4) is 0 Å². The first-order valence-electron chi connectivity index (χ1n) is 0.943. The van der Waals surface area contributed by atoms with Crippen molar-refractivity contribution in [1.29, 1.82) is 0 Å². The Kier molecular flexibility index (Phi) is 6.08. The topological polar surface area (TPSA) is 43.4 Å². The Labute approximate surface area is 51.8 Å². The van der Waals surface area contributed by atoms with Crippen molar-refractivity contribution in [2.24, 2.45) is 0 Å². The molecule has 0 aromatic carbocycles. The first-order valence-corrected chi connectivity index (χ1v) is 4.20. The van der Waals surface area contributed by atoms with Crippen LogP contribution in [0.2, 0.25) is 0 Å². The van der Waals surface area contributed by atoms with Crippen molar-refractivity contribution in [2.45, 2.75) is 0 Å². The third-order valence-corrected chi connectivity index (χ3v) is 1.97. The van der Waals surface area contributed by atoms with E-state index in [-0.39, 0.29) is 0 Å². The third kappa shape index (κ3) is 5.04. The minimum absolute atomic E-state index is 1.19. The molecule has 0 aliphatic rings. The first-order chi connectivity index (χ1) is 2.41. The first kappa shape index (κ1) is 6.04. The molecule has 0 aromatic heterocycles. The molecular formula is AlO3Y. The van der Waals surface area contributed by atoms with Gasteiger partial charge in [-0.15, -0.1) is 0 Å². The molecule has 24 valence electrons. The summed E-state index contributed by atoms with van der Waals surface area (Å²) in [5, 5.41) is 0. The van der Waals surface area contributed by atoms with Gasteiger partial charge in [-0.3, -0.25) is 0 Å². The van der Waals surface area contributed by atoms with Gasteiger partial charge in [-0.1, -0.05) is 0 Å². The van der Waals surface area contributed by atoms with Crippen LogP contribution in [0.25, 0.3) is 0 Å². The second-order valence-corrected chi connectivity index (χ2v) is 3.27. The van der Waals surface area contributed by atoms with Crippen LogP contribution in [-0.4, -0.2) is 15.5 Å². The van der Waals surface area contributed by atoms with Crippen molar-refractivity contribution >= 4 is 15.5 Å². The fourth-order valence-electron chi connectivity index (χ4n) is 0.0227. The van der Waals surface area contributed by atoms with E-state index in [0.29, 0.717) is 0 Å². The Balaban J connectivity index is 2.65. The predicted molar refractivity (Wildman–Crippen MR) is 8.21 cm³/mol. The summed E-state index contributed by atoms with van der Waals surface area (Å²) in [5.41, 5.74) is 0. The van der Waals surface area contributed by atoms with Crippen LogP contribution in [0, 0.1) is 0 Å². The van der Waals surface area contributed by atoms with E-state index < -0.39 is 45.3 Å². The van der Waals surface area contributed by atoms with Gasteiger partial charge in [0.1, 0.15) is 0 Å². The van der Waals surface area contributed by atoms with Crippen molar-refractivity contribution in [3.05, 3.63) is 0 Å². The summed E-state index contributed by atoms with van der Waals surface area (Å²) in [6.45, 7) is 0. The molecule has 5 heteroatoms. The van der Waals surface area contributed by atoms with E-state index in [4.69, 9.17) is 0 Å². The van der Waals surface area contributed by atoms with Gasteiger partial charge < -0.3 is 0 Å². The summed E-state index contributed by atoms with van der Waals surface area (Å²) in [7, 11) is 0. The summed E-state index contributed by atoms with van der Waals surface area (Å²) in [6, 6.07) is 0. The molecule has 0 bridgehead atoms. The second-order valence-electron chi connectivity index (χ2n) is 0.329. The molecule has 0 amide bonds. The van der Waals surface area contributed by atoms with E-state index in [1.165, 1.54) is 0 Å². The van der Waals surface area contributed by atoms with E-state index in [1.807, 2.05) is 0 Å². The van der Waals surface area contributed by atoms with Crippen LogP contribution < -0.4 is 0 Å². The van der Waals surface area contributed by atoms with Crippen LogP contribution in [0.1, 0.15) is 0 Å². The SMILES string of the molecule is [O]=[Al][O][Y]=[O]. The molecule has 0 saturated carbocycles. The summed E-state index contributed by atoms with van der Waals surface area (Å²) < 4.78 is 22.6. The summed E-state index contributed by atoms with van der Waals surface area (Å²) in [4.78, 5) is 0. The Morgan fingerprint density at radius 2 is 2.40 bits per heavy atom. The average Bonchev–Trinajstić information content (AvgIpc) is 1.41. The van der Waals surface area contributed by atoms with Gasteiger partial charge in [-0.25, -0.2) is 0 Å². The molecule has 0 saturated heterocycles. The van der Waals surface area contributed by atoms with Crippen LogP contribution in [0.5, 0.6) is 0 Å². The number of hydrogen-bond acceptors (Lipinski definition) is 3. The van der Waals surface area contributed by atoms with Crippen molar-refractivity contribution < 1.29 is 36.7 Å². The van der Waals surface area contributed by atoms with E-state index in [0.717, 1.165) is 0 Å². The van der Waals surface area contributed by atoms with Gasteiger partial charge >= 0.3 is 52.2 Å². The molecule has 0 aromatic rings. The van der Waals surface area contributed by atoms with Gasteiger partial charge in [0.05, 0.1) is 0 Å². The molecule has 0 atom stereocenters. The molecule has 0 aliphatic carbocycles. The van der Waals surface area contributed by atoms with Gasteiger partial charge in [0.2, 0.25) is 0 Å². The Morgan fingerprint density at radius 1 is 1.80 bits per heavy atom. The maximum absolute atomic E-state index is 9.32. The van der Waals surface area contributed by atoms with Crippen LogP contribution in [0.15, 0.2) is 0 Å². The molecule has 3 nitrogen and oxygen atoms in total. The monoisotopic (exact) mass is 164 g/mol. The Morgan fingerprint density at radius 3 is 2.40 bits per heavy atom. The fourth-order valence-corrected chi connectivity index (χ4v) is 0.403. The minimum atomic E-state index is -1.95. The predicted octanol–water partition coefficient (Wildman–Crippen LogP) is -0.689. The molecule has 0 fully saturated rings. The molecule has 0 N–H and O–H groups in total. The molecule has 0 radical (unpaired) electrons. The van der Waals surface area contributed by atoms with Gasteiger partial charge in [0, 0.05) is 0 Å². The van der Waals surface area contributed by atoms with Crippen molar-refractivity contribution in [1.82, 2.24) is 0 Å². The molecule has 5 heavy (non-hydrogen) atoms. The average molecular weight is 164 g/mol. The second kappa shape index (κ2) is 5.04. The zero-order valence-corrected chi connectivity index (χ0v) is 6.37. The zero-order valence-electron chi connectivity index (χ0n) is 2.38.